The molecular formula is C117H137N8O4+3. The maximum Gasteiger partial charge on any atom is 0.445 e. The molecule has 1 spiro atoms. The van der Waals surface area contributed by atoms with Gasteiger partial charge in [-0.2, -0.15) is 0 Å². The van der Waals surface area contributed by atoms with E-state index >= 15 is 0 Å². The van der Waals surface area contributed by atoms with Gasteiger partial charge in [0.1, 0.15) is 62.7 Å². The minimum atomic E-state index is -1.39. The van der Waals surface area contributed by atoms with Gasteiger partial charge in [0.05, 0.1) is 22.3 Å². The first-order valence-electron chi connectivity index (χ1n) is 49.9. The Hall–Kier alpha value is -11.6. The third-order valence-electron chi connectivity index (χ3n) is 26.0. The lowest BCUT2D eigenvalue weighted by atomic mass is 10.0. The highest BCUT2D eigenvalue weighted by molar-refractivity contribution is 6.29. The van der Waals surface area contributed by atoms with Crippen LogP contribution in [0.15, 0.2) is 287 Å². The van der Waals surface area contributed by atoms with E-state index in [1.54, 1.807) is 0 Å². The van der Waals surface area contributed by atoms with Crippen LogP contribution in [0.25, 0.3) is 0 Å². The summed E-state index contributed by atoms with van der Waals surface area (Å²) in [4.78, 5) is 26.8. The van der Waals surface area contributed by atoms with E-state index in [4.69, 9.17) is 38.9 Å². The van der Waals surface area contributed by atoms with E-state index in [1.807, 2.05) is 0 Å². The molecule has 1 unspecified atom stereocenters. The van der Waals surface area contributed by atoms with E-state index in [0.717, 1.165) is 225 Å². The van der Waals surface area contributed by atoms with Crippen molar-refractivity contribution in [1.82, 2.24) is 4.90 Å². The van der Waals surface area contributed by atoms with Crippen molar-refractivity contribution in [3.8, 4) is 46.0 Å². The Balaban J connectivity index is 0.745. The molecule has 12 nitrogen and oxygen atoms in total. The monoisotopic (exact) mass is 1720 g/mol. The van der Waals surface area contributed by atoms with Gasteiger partial charge in [0, 0.05) is 5.56 Å². The molecule has 0 saturated heterocycles. The fourth-order valence-electron chi connectivity index (χ4n) is 19.4. The second kappa shape index (κ2) is 46.6. The molecule has 0 fully saturated rings. The summed E-state index contributed by atoms with van der Waals surface area (Å²) in [7, 11) is 0. The molecule has 0 aromatic heterocycles. The van der Waals surface area contributed by atoms with Crippen molar-refractivity contribution in [3.63, 3.8) is 0 Å². The molecule has 8 aliphatic rings. The van der Waals surface area contributed by atoms with Crippen molar-refractivity contribution in [2.24, 2.45) is 20.0 Å². The molecule has 0 N–H and O–H groups in total. The van der Waals surface area contributed by atoms with Gasteiger partial charge in [0.2, 0.25) is 12.0 Å². The predicted molar refractivity (Wildman–Crippen MR) is 535 cm³/mol. The van der Waals surface area contributed by atoms with Crippen molar-refractivity contribution in [2.75, 3.05) is 0 Å². The first-order chi connectivity index (χ1) is 63.9. The number of allylic oxidation sites excluding steroid dienone is 16. The van der Waals surface area contributed by atoms with Gasteiger partial charge in [0.15, 0.2) is 0 Å². The predicted octanol–water partition coefficient (Wildman–Crippen LogP) is 31.0. The average Bonchev–Trinajstić information content (AvgIpc) is 1.46. The number of ether oxygens (including phenoxy) is 4. The highest BCUT2D eigenvalue weighted by atomic mass is 16.5. The zero-order valence-electron chi connectivity index (χ0n) is 77.5. The van der Waals surface area contributed by atoms with Gasteiger partial charge in [0.25, 0.3) is 35.0 Å². The molecule has 0 saturated carbocycles. The van der Waals surface area contributed by atoms with Gasteiger partial charge in [-0.05, 0) is 273 Å². The summed E-state index contributed by atoms with van der Waals surface area (Å²) in [5.74, 6) is 9.61. The topological polar surface area (TPSA) is 98.6 Å². The third kappa shape index (κ3) is 21.8. The van der Waals surface area contributed by atoms with Crippen molar-refractivity contribution in [2.45, 2.75) is 297 Å². The van der Waals surface area contributed by atoms with Crippen LogP contribution < -0.4 is 18.9 Å². The minimum Gasteiger partial charge on any atom is -0.457 e. The molecule has 12 heteroatoms. The molecule has 0 bridgehead atoms. The van der Waals surface area contributed by atoms with Crippen LogP contribution in [0.5, 0.6) is 46.0 Å². The van der Waals surface area contributed by atoms with Gasteiger partial charge in [-0.15, -0.1) is 18.7 Å². The van der Waals surface area contributed by atoms with Crippen molar-refractivity contribution in [3.05, 3.63) is 334 Å². The normalized spacial score (nSPS) is 16.5. The van der Waals surface area contributed by atoms with Crippen LogP contribution >= 0.6 is 0 Å². The van der Waals surface area contributed by atoms with E-state index in [-0.39, 0.29) is 0 Å². The summed E-state index contributed by atoms with van der Waals surface area (Å²) in [6.07, 6.45) is 82.5. The number of unbranched alkanes of at least 4 members (excludes halogenated alkanes) is 24. The second-order valence-corrected chi connectivity index (χ2v) is 35.9. The third-order valence-corrected chi connectivity index (χ3v) is 26.0. The van der Waals surface area contributed by atoms with Crippen LogP contribution in [0.3, 0.4) is 0 Å². The summed E-state index contributed by atoms with van der Waals surface area (Å²) in [5, 5.41) is 0. The van der Waals surface area contributed by atoms with Gasteiger partial charge in [-0.1, -0.05) is 315 Å². The van der Waals surface area contributed by atoms with Crippen LogP contribution in [-0.4, -0.2) is 65.4 Å². The van der Waals surface area contributed by atoms with Gasteiger partial charge < -0.3 is 18.9 Å². The average molecular weight is 1720 g/mol. The molecule has 666 valence electrons. The lowest BCUT2D eigenvalue weighted by Gasteiger charge is -2.45. The zero-order chi connectivity index (χ0) is 88.0. The molecule has 129 heavy (non-hydrogen) atoms. The van der Waals surface area contributed by atoms with E-state index in [0.29, 0.717) is 34.7 Å². The van der Waals surface area contributed by atoms with Gasteiger partial charge in [-0.3, -0.25) is 0 Å². The Morgan fingerprint density at radius 3 is 1.01 bits per heavy atom. The summed E-state index contributed by atoms with van der Waals surface area (Å²) >= 11 is 0. The lowest BCUT2D eigenvalue weighted by Crippen LogP contribution is -2.78. The van der Waals surface area contributed by atoms with Gasteiger partial charge in [-0.25, -0.2) is 4.90 Å². The standard InChI is InChI=1S/C117H137N8O4/c1-5-9-13-17-21-25-29-33-37-41-45-49-53-65-89-69-57-73-93(85-89)126-101-81-61-77-97-105(101)113-120-114-106-98(78-62-82-102(106)127-94-74-58-70-90(86-94)66-54-50-46-42-38-34-30-26-22-18-14-10-6-2)111-119-112-100-80-64-84-104(129-96-76-60-72-92(88-96)68-56-52-48-44-40-36-32-28-24-20-16-12-8-4)108(100)116-121-115-107-99(110-118-109(97)122(113)117(123(111)114,124(110)115)125(112)116)79-63-83-103(107)128-95-75-59-71-91(87-95)67-55-51-47-43-39-35-31-27-23-19-15-11-7-3/h13-20,25-32,57-64,69-88,113H,5-12,21-24,33-56,65-68H2,1-4H3/q+3/b17-13+,18-14+,19-15+,20-16+,29-25+,30-26+,31-27+,32-28+/t113?,117-/m0/s1. The molecule has 2 atom stereocenters. The smallest absolute Gasteiger partial charge is 0.445 e. The van der Waals surface area contributed by atoms with Crippen molar-refractivity contribution < 1.29 is 32.7 Å². The van der Waals surface area contributed by atoms with Crippen LogP contribution in [0, 0.1) is 0 Å². The van der Waals surface area contributed by atoms with Crippen LogP contribution in [0.1, 0.15) is 332 Å². The zero-order valence-corrected chi connectivity index (χ0v) is 77.5. The Morgan fingerprint density at radius 2 is 0.597 bits per heavy atom. The van der Waals surface area contributed by atoms with Crippen LogP contribution in [0.4, 0.5) is 0 Å². The van der Waals surface area contributed by atoms with E-state index < -0.39 is 12.1 Å². The largest absolute Gasteiger partial charge is 0.457 e. The quantitative estimate of drug-likeness (QED) is 0.0215. The number of rotatable bonds is 56. The second-order valence-electron chi connectivity index (χ2n) is 35.9. The lowest BCUT2D eigenvalue weighted by molar-refractivity contribution is -0.946. The fourth-order valence-corrected chi connectivity index (χ4v) is 19.4. The van der Waals surface area contributed by atoms with Crippen LogP contribution in [-0.2, 0) is 25.7 Å². The number of nitrogens with zero attached hydrogens (tertiary/aromatic N) is 8. The maximum atomic E-state index is 7.42. The molecule has 0 radical (unpaired) electrons. The Bertz CT molecular complexity index is 5710. The van der Waals surface area contributed by atoms with Gasteiger partial charge >= 0.3 is 5.91 Å². The summed E-state index contributed by atoms with van der Waals surface area (Å²) in [5.41, 5.74) is 12.2. The molecule has 16 rings (SSSR count). The number of fused-ring (bicyclic) bond motifs is 12. The number of aryl methyl sites for hydroxylation is 4. The Morgan fingerprint density at radius 1 is 0.287 bits per heavy atom. The SMILES string of the molecule is CCC/C=C/C/C=C/CCCCCCCc1cccc(Oc2cccc3c2C2=NC4=[N+]5C(=NC6=[N+]7C(=NC8c9c(Oc%10cccc(CCCCCCC/C=C/C/C=C/CCC)c%10)cccc9C9=NC3=[N+]2[C@]75N98)c2c(Oc3cccc(CCCCCCC/C=C/C/C=C/CCC)c3)cccc26)c2cccc(Oc3cccc(CCCCCCC/C=C/C/C=C/CCC)c3)c24)c1. The van der Waals surface area contributed by atoms with E-state index in [9.17, 15) is 0 Å². The molecule has 8 heterocycles. The Labute approximate surface area is 770 Å². The number of amidine groups is 7. The molecular weight excluding hydrogens is 1580 g/mol. The van der Waals surface area contributed by atoms with Crippen molar-refractivity contribution >= 4 is 40.8 Å². The Kier molecular flexibility index (Phi) is 32.7. The first-order valence-corrected chi connectivity index (χ1v) is 49.9. The summed E-state index contributed by atoms with van der Waals surface area (Å²) in [6.45, 7) is 8.93. The van der Waals surface area contributed by atoms with E-state index in [1.165, 1.54) is 151 Å². The maximum absolute atomic E-state index is 7.42. The highest BCUT2D eigenvalue weighted by Gasteiger charge is 2.79. The minimum absolute atomic E-state index is 0.686. The first kappa shape index (κ1) is 90.7. The van der Waals surface area contributed by atoms with Crippen molar-refractivity contribution in [1.29, 1.82) is 0 Å². The van der Waals surface area contributed by atoms with Crippen LogP contribution in [0.2, 0.25) is 0 Å². The number of hydrogen-bond acceptors (Lipinski definition) is 9. The molecule has 8 aromatic rings. The molecule has 0 amide bonds. The molecule has 8 aliphatic heterocycles. The number of hydrogen-bond donors (Lipinski definition) is 0. The fraction of sp³-hybridized carbons (Fsp3) is 0.393. The molecule has 0 aliphatic carbocycles. The highest BCUT2D eigenvalue weighted by Crippen LogP contribution is 2.57. The number of aliphatic imine (C=N–C) groups is 4. The summed E-state index contributed by atoms with van der Waals surface area (Å²) in [6, 6.07) is 60.7. The summed E-state index contributed by atoms with van der Waals surface area (Å²) < 4.78 is 36.8. The van der Waals surface area contributed by atoms with E-state index in [2.05, 4.69) is 313 Å². The molecule has 8 aromatic carbocycles. The number of benzene rings is 8.